The van der Waals surface area contributed by atoms with Crippen molar-refractivity contribution in [1.29, 1.82) is 0 Å². The zero-order valence-electron chi connectivity index (χ0n) is 11.3. The van der Waals surface area contributed by atoms with Gasteiger partial charge in [0.05, 0.1) is 6.61 Å². The Morgan fingerprint density at radius 2 is 2.32 bits per heavy atom. The molecule has 1 unspecified atom stereocenters. The molecule has 0 spiro atoms. The normalized spacial score (nSPS) is 22.9. The van der Waals surface area contributed by atoms with Gasteiger partial charge in [0.25, 0.3) is 0 Å². The first-order valence-electron chi connectivity index (χ1n) is 6.88. The van der Waals surface area contributed by atoms with Crippen LogP contribution in [0.2, 0.25) is 5.02 Å². The van der Waals surface area contributed by atoms with Gasteiger partial charge in [0.1, 0.15) is 5.82 Å². The molecule has 1 fully saturated rings. The summed E-state index contributed by atoms with van der Waals surface area (Å²) in [6.07, 6.45) is 2.98. The van der Waals surface area contributed by atoms with Crippen LogP contribution in [0, 0.1) is 11.2 Å². The molecule has 1 atom stereocenters. The Balaban J connectivity index is 2.07. The highest BCUT2D eigenvalue weighted by Gasteiger charge is 2.35. The third-order valence-corrected chi connectivity index (χ3v) is 4.04. The fourth-order valence-electron chi connectivity index (χ4n) is 2.59. The van der Waals surface area contributed by atoms with Crippen molar-refractivity contribution in [1.82, 2.24) is 5.32 Å². The van der Waals surface area contributed by atoms with E-state index in [1.807, 2.05) is 0 Å². The molecule has 2 rings (SSSR count). The molecule has 0 aliphatic carbocycles. The SMILES string of the molecule is CCCNCC1(Cc2ccc(F)cc2Cl)CCOC1. The van der Waals surface area contributed by atoms with E-state index < -0.39 is 0 Å². The smallest absolute Gasteiger partial charge is 0.124 e. The molecule has 1 aliphatic rings. The average Bonchev–Trinajstić information content (AvgIpc) is 2.82. The third-order valence-electron chi connectivity index (χ3n) is 3.69. The number of benzene rings is 1. The van der Waals surface area contributed by atoms with E-state index in [-0.39, 0.29) is 11.2 Å². The van der Waals surface area contributed by atoms with E-state index in [2.05, 4.69) is 12.2 Å². The van der Waals surface area contributed by atoms with Crippen LogP contribution in [0.15, 0.2) is 18.2 Å². The monoisotopic (exact) mass is 285 g/mol. The Bertz CT molecular complexity index is 419. The second kappa shape index (κ2) is 6.69. The summed E-state index contributed by atoms with van der Waals surface area (Å²) in [5.41, 5.74) is 1.10. The van der Waals surface area contributed by atoms with E-state index >= 15 is 0 Å². The molecule has 1 N–H and O–H groups in total. The van der Waals surface area contributed by atoms with Crippen LogP contribution in [0.3, 0.4) is 0 Å². The highest BCUT2D eigenvalue weighted by Crippen LogP contribution is 2.34. The van der Waals surface area contributed by atoms with Gasteiger partial charge < -0.3 is 10.1 Å². The first kappa shape index (κ1) is 14.8. The van der Waals surface area contributed by atoms with Gasteiger partial charge in [-0.15, -0.1) is 0 Å². The number of ether oxygens (including phenoxy) is 1. The molecule has 1 aromatic rings. The van der Waals surface area contributed by atoms with Crippen LogP contribution in [0.4, 0.5) is 4.39 Å². The number of hydrogen-bond acceptors (Lipinski definition) is 2. The Morgan fingerprint density at radius 3 is 2.95 bits per heavy atom. The zero-order chi connectivity index (χ0) is 13.7. The van der Waals surface area contributed by atoms with Crippen LogP contribution in [0.25, 0.3) is 0 Å². The van der Waals surface area contributed by atoms with Gasteiger partial charge in [0, 0.05) is 23.6 Å². The maximum Gasteiger partial charge on any atom is 0.124 e. The first-order valence-corrected chi connectivity index (χ1v) is 7.25. The minimum Gasteiger partial charge on any atom is -0.381 e. The van der Waals surface area contributed by atoms with Gasteiger partial charge in [-0.2, -0.15) is 0 Å². The number of rotatable bonds is 6. The van der Waals surface area contributed by atoms with Crippen molar-refractivity contribution in [2.24, 2.45) is 5.41 Å². The molecular weight excluding hydrogens is 265 g/mol. The van der Waals surface area contributed by atoms with Gasteiger partial charge in [-0.3, -0.25) is 0 Å². The third kappa shape index (κ3) is 3.91. The van der Waals surface area contributed by atoms with E-state index in [1.165, 1.54) is 12.1 Å². The Kier molecular flexibility index (Phi) is 5.20. The lowest BCUT2D eigenvalue weighted by atomic mass is 9.81. The lowest BCUT2D eigenvalue weighted by Gasteiger charge is -2.28. The van der Waals surface area contributed by atoms with Crippen LogP contribution in [-0.4, -0.2) is 26.3 Å². The van der Waals surface area contributed by atoms with Crippen molar-refractivity contribution in [2.45, 2.75) is 26.2 Å². The highest BCUT2D eigenvalue weighted by atomic mass is 35.5. The van der Waals surface area contributed by atoms with Crippen LogP contribution in [0.5, 0.6) is 0 Å². The standard InChI is InChI=1S/C15H21ClFNO/c1-2-6-18-10-15(5-7-19-11-15)9-12-3-4-13(17)8-14(12)16/h3-4,8,18H,2,5-7,9-11H2,1H3. The van der Waals surface area contributed by atoms with Gasteiger partial charge in [-0.05, 0) is 43.5 Å². The summed E-state index contributed by atoms with van der Waals surface area (Å²) < 4.78 is 18.7. The molecule has 1 saturated heterocycles. The van der Waals surface area contributed by atoms with Crippen LogP contribution < -0.4 is 5.32 Å². The summed E-state index contributed by atoms with van der Waals surface area (Å²) in [4.78, 5) is 0. The highest BCUT2D eigenvalue weighted by molar-refractivity contribution is 6.31. The molecule has 1 aromatic carbocycles. The molecule has 0 saturated carbocycles. The summed E-state index contributed by atoms with van der Waals surface area (Å²) in [7, 11) is 0. The average molecular weight is 286 g/mol. The molecule has 2 nitrogen and oxygen atoms in total. The van der Waals surface area contributed by atoms with Gasteiger partial charge >= 0.3 is 0 Å². The molecule has 4 heteroatoms. The summed E-state index contributed by atoms with van der Waals surface area (Å²) in [5, 5.41) is 3.99. The van der Waals surface area contributed by atoms with Crippen molar-refractivity contribution >= 4 is 11.6 Å². The van der Waals surface area contributed by atoms with Crippen molar-refractivity contribution in [2.75, 3.05) is 26.3 Å². The Hall–Kier alpha value is -0.640. The van der Waals surface area contributed by atoms with E-state index in [0.29, 0.717) is 5.02 Å². The summed E-state index contributed by atoms with van der Waals surface area (Å²) in [6, 6.07) is 4.65. The van der Waals surface area contributed by atoms with Crippen LogP contribution in [-0.2, 0) is 11.2 Å². The Labute approximate surface area is 119 Å². The van der Waals surface area contributed by atoms with Crippen molar-refractivity contribution < 1.29 is 9.13 Å². The van der Waals surface area contributed by atoms with Crippen molar-refractivity contribution in [3.63, 3.8) is 0 Å². The van der Waals surface area contributed by atoms with Crippen LogP contribution in [0.1, 0.15) is 25.3 Å². The second-order valence-electron chi connectivity index (χ2n) is 5.39. The number of nitrogens with one attached hydrogen (secondary N) is 1. The van der Waals surface area contributed by atoms with E-state index in [4.69, 9.17) is 16.3 Å². The van der Waals surface area contributed by atoms with Gasteiger partial charge in [0.2, 0.25) is 0 Å². The lowest BCUT2D eigenvalue weighted by molar-refractivity contribution is 0.149. The summed E-state index contributed by atoms with van der Waals surface area (Å²) in [6.45, 7) is 5.64. The molecule has 1 heterocycles. The molecular formula is C15H21ClFNO. The fourth-order valence-corrected chi connectivity index (χ4v) is 2.82. The predicted octanol–water partition coefficient (Wildman–Crippen LogP) is 3.43. The van der Waals surface area contributed by atoms with Gasteiger partial charge in [-0.1, -0.05) is 24.6 Å². The van der Waals surface area contributed by atoms with E-state index in [0.717, 1.165) is 51.1 Å². The Morgan fingerprint density at radius 1 is 1.47 bits per heavy atom. The molecule has 106 valence electrons. The summed E-state index contributed by atoms with van der Waals surface area (Å²) in [5.74, 6) is -0.283. The molecule has 0 radical (unpaired) electrons. The number of halogens is 2. The first-order chi connectivity index (χ1) is 9.15. The minimum atomic E-state index is -0.283. The van der Waals surface area contributed by atoms with Crippen LogP contribution >= 0.6 is 11.6 Å². The van der Waals surface area contributed by atoms with Gasteiger partial charge in [0.15, 0.2) is 0 Å². The molecule has 0 amide bonds. The predicted molar refractivity (Wildman–Crippen MR) is 76.1 cm³/mol. The van der Waals surface area contributed by atoms with Crippen molar-refractivity contribution in [3.8, 4) is 0 Å². The summed E-state index contributed by atoms with van der Waals surface area (Å²) >= 11 is 6.13. The minimum absolute atomic E-state index is 0.0939. The molecule has 1 aliphatic heterocycles. The maximum absolute atomic E-state index is 13.1. The molecule has 0 aromatic heterocycles. The fraction of sp³-hybridized carbons (Fsp3) is 0.600. The van der Waals surface area contributed by atoms with Gasteiger partial charge in [-0.25, -0.2) is 4.39 Å². The lowest BCUT2D eigenvalue weighted by Crippen LogP contribution is -2.37. The van der Waals surface area contributed by atoms with Crippen molar-refractivity contribution in [3.05, 3.63) is 34.6 Å². The number of hydrogen-bond donors (Lipinski definition) is 1. The van der Waals surface area contributed by atoms with E-state index in [9.17, 15) is 4.39 Å². The van der Waals surface area contributed by atoms with E-state index in [1.54, 1.807) is 6.07 Å². The topological polar surface area (TPSA) is 21.3 Å². The second-order valence-corrected chi connectivity index (χ2v) is 5.80. The molecule has 19 heavy (non-hydrogen) atoms. The maximum atomic E-state index is 13.1. The largest absolute Gasteiger partial charge is 0.381 e. The zero-order valence-corrected chi connectivity index (χ0v) is 12.1. The quantitative estimate of drug-likeness (QED) is 0.809. The molecule has 0 bridgehead atoms.